The zero-order valence-corrected chi connectivity index (χ0v) is 18.5. The number of benzene rings is 2. The van der Waals surface area contributed by atoms with Crippen molar-refractivity contribution in [2.24, 2.45) is 0 Å². The molecule has 1 aromatic heterocycles. The molecule has 156 valence electrons. The van der Waals surface area contributed by atoms with Crippen molar-refractivity contribution in [2.75, 3.05) is 4.90 Å². The summed E-state index contributed by atoms with van der Waals surface area (Å²) in [4.78, 5) is 27.2. The van der Waals surface area contributed by atoms with Crippen molar-refractivity contribution < 1.29 is 9.59 Å². The normalized spacial score (nSPS) is 15.5. The van der Waals surface area contributed by atoms with Crippen molar-refractivity contribution in [1.82, 2.24) is 9.88 Å². The largest absolute Gasteiger partial charge is 0.318 e. The lowest BCUT2D eigenvalue weighted by atomic mass is 10.1. The van der Waals surface area contributed by atoms with E-state index in [1.54, 1.807) is 18.2 Å². The summed E-state index contributed by atoms with van der Waals surface area (Å²) in [5.74, 6) is -0.920. The summed E-state index contributed by atoms with van der Waals surface area (Å²) in [5, 5.41) is 2.72. The molecule has 3 aromatic rings. The highest BCUT2D eigenvalue weighted by Gasteiger charge is 2.34. The molecule has 31 heavy (non-hydrogen) atoms. The first-order chi connectivity index (χ1) is 14.9. The van der Waals surface area contributed by atoms with Crippen LogP contribution in [0.2, 0.25) is 0 Å². The minimum Gasteiger partial charge on any atom is -0.318 e. The topological polar surface area (TPSA) is 54.3 Å². The molecule has 1 aliphatic rings. The molecule has 1 N–H and O–H groups in total. The van der Waals surface area contributed by atoms with Gasteiger partial charge in [0.1, 0.15) is 5.57 Å². The third-order valence-corrected chi connectivity index (χ3v) is 5.77. The number of thiocarbonyl (C=S) groups is 1. The number of nitrogens with one attached hydrogen (secondary N) is 1. The van der Waals surface area contributed by atoms with E-state index in [4.69, 9.17) is 12.2 Å². The van der Waals surface area contributed by atoms with Crippen LogP contribution in [-0.2, 0) is 16.0 Å². The molecule has 0 atom stereocenters. The maximum Gasteiger partial charge on any atom is 0.270 e. The molecule has 0 saturated carbocycles. The van der Waals surface area contributed by atoms with Gasteiger partial charge in [0.05, 0.1) is 5.69 Å². The van der Waals surface area contributed by atoms with Crippen molar-refractivity contribution in [3.8, 4) is 5.69 Å². The number of rotatable bonds is 4. The molecule has 0 radical (unpaired) electrons. The zero-order chi connectivity index (χ0) is 22.1. The number of carbonyl (C=O) groups is 2. The van der Waals surface area contributed by atoms with Crippen LogP contribution in [0.3, 0.4) is 0 Å². The predicted octanol–water partition coefficient (Wildman–Crippen LogP) is 4.49. The number of carbonyl (C=O) groups excluding carboxylic acids is 2. The fraction of sp³-hybridized carbons (Fsp3) is 0.160. The van der Waals surface area contributed by atoms with Crippen LogP contribution in [0.4, 0.5) is 5.69 Å². The second kappa shape index (κ2) is 8.32. The van der Waals surface area contributed by atoms with Crippen LogP contribution >= 0.6 is 12.2 Å². The van der Waals surface area contributed by atoms with Gasteiger partial charge in [-0.3, -0.25) is 19.8 Å². The predicted molar refractivity (Wildman–Crippen MR) is 127 cm³/mol. The number of aryl methyl sites for hydroxylation is 2. The van der Waals surface area contributed by atoms with Crippen LogP contribution in [0, 0.1) is 13.8 Å². The third-order valence-electron chi connectivity index (χ3n) is 5.49. The summed E-state index contributed by atoms with van der Waals surface area (Å²) < 4.78 is 2.12. The Kier molecular flexibility index (Phi) is 5.57. The van der Waals surface area contributed by atoms with E-state index in [-0.39, 0.29) is 10.7 Å². The molecule has 0 unspecified atom stereocenters. The van der Waals surface area contributed by atoms with Crippen LogP contribution in [0.25, 0.3) is 11.8 Å². The van der Waals surface area contributed by atoms with Gasteiger partial charge in [-0.15, -0.1) is 0 Å². The van der Waals surface area contributed by atoms with E-state index in [1.807, 2.05) is 38.1 Å². The smallest absolute Gasteiger partial charge is 0.270 e. The fourth-order valence-electron chi connectivity index (χ4n) is 3.84. The lowest BCUT2D eigenvalue weighted by Gasteiger charge is -2.28. The minimum atomic E-state index is -0.487. The first-order valence-corrected chi connectivity index (χ1v) is 10.6. The number of anilines is 1. The Balaban J connectivity index is 1.74. The van der Waals surface area contributed by atoms with E-state index in [9.17, 15) is 9.59 Å². The molecule has 0 bridgehead atoms. The monoisotopic (exact) mass is 429 g/mol. The molecule has 2 heterocycles. The Hall–Kier alpha value is -3.51. The first kappa shape index (κ1) is 20.8. The second-order valence-corrected chi connectivity index (χ2v) is 7.86. The molecule has 0 aliphatic carbocycles. The molecule has 1 saturated heterocycles. The lowest BCUT2D eigenvalue weighted by Crippen LogP contribution is -2.54. The van der Waals surface area contributed by atoms with Crippen LogP contribution in [0.5, 0.6) is 0 Å². The quantitative estimate of drug-likeness (QED) is 0.378. The van der Waals surface area contributed by atoms with E-state index in [2.05, 4.69) is 41.1 Å². The van der Waals surface area contributed by atoms with Gasteiger partial charge in [-0.25, -0.2) is 0 Å². The van der Waals surface area contributed by atoms with Crippen LogP contribution < -0.4 is 10.2 Å². The highest BCUT2D eigenvalue weighted by atomic mass is 32.1. The average molecular weight is 430 g/mol. The molecule has 0 spiro atoms. The van der Waals surface area contributed by atoms with Gasteiger partial charge in [-0.1, -0.05) is 37.3 Å². The Labute approximate surface area is 187 Å². The Morgan fingerprint density at radius 1 is 0.968 bits per heavy atom. The highest BCUT2D eigenvalue weighted by molar-refractivity contribution is 7.80. The molecule has 1 aliphatic heterocycles. The van der Waals surface area contributed by atoms with Gasteiger partial charge in [0.2, 0.25) is 0 Å². The summed E-state index contributed by atoms with van der Waals surface area (Å²) in [6.07, 6.45) is 2.63. The van der Waals surface area contributed by atoms with Crippen molar-refractivity contribution in [2.45, 2.75) is 27.2 Å². The summed E-state index contributed by atoms with van der Waals surface area (Å²) in [5.41, 5.74) is 5.78. The molecule has 6 heteroatoms. The van der Waals surface area contributed by atoms with E-state index in [0.29, 0.717) is 5.69 Å². The molecule has 2 amide bonds. The number of para-hydroxylation sites is 1. The number of amides is 2. The minimum absolute atomic E-state index is 0.0547. The van der Waals surface area contributed by atoms with Gasteiger partial charge in [0, 0.05) is 17.1 Å². The standard InChI is InChI=1S/C25H23N3O2S/c1-4-18-10-12-21(13-11-18)27-16(2)14-19(17(27)3)15-22-23(29)26-25(31)28(24(22)30)20-8-6-5-7-9-20/h5-15H,4H2,1-3H3,(H,26,29,31)/b22-15+. The number of hydrogen-bond donors (Lipinski definition) is 1. The summed E-state index contributed by atoms with van der Waals surface area (Å²) in [6, 6.07) is 19.5. The molecular weight excluding hydrogens is 406 g/mol. The summed E-state index contributed by atoms with van der Waals surface area (Å²) in [6.45, 7) is 6.12. The van der Waals surface area contributed by atoms with Gasteiger partial charge >= 0.3 is 0 Å². The van der Waals surface area contributed by atoms with Crippen molar-refractivity contribution in [3.63, 3.8) is 0 Å². The van der Waals surface area contributed by atoms with Gasteiger partial charge in [-0.2, -0.15) is 0 Å². The third kappa shape index (κ3) is 3.82. The van der Waals surface area contributed by atoms with Crippen molar-refractivity contribution >= 4 is 40.9 Å². The van der Waals surface area contributed by atoms with Crippen molar-refractivity contribution in [3.05, 3.63) is 88.8 Å². The number of nitrogens with zero attached hydrogens (tertiary/aromatic N) is 2. The zero-order valence-electron chi connectivity index (χ0n) is 17.7. The maximum absolute atomic E-state index is 13.2. The van der Waals surface area contributed by atoms with Crippen LogP contribution in [-0.4, -0.2) is 21.5 Å². The van der Waals surface area contributed by atoms with E-state index in [0.717, 1.165) is 29.1 Å². The first-order valence-electron chi connectivity index (χ1n) is 10.2. The Bertz CT molecular complexity index is 1210. The van der Waals surface area contributed by atoms with Gasteiger partial charge in [0.25, 0.3) is 11.8 Å². The highest BCUT2D eigenvalue weighted by Crippen LogP contribution is 2.26. The van der Waals surface area contributed by atoms with Crippen LogP contribution in [0.1, 0.15) is 29.4 Å². The van der Waals surface area contributed by atoms with Gasteiger partial charge in [0.15, 0.2) is 5.11 Å². The Morgan fingerprint density at radius 3 is 2.29 bits per heavy atom. The van der Waals surface area contributed by atoms with E-state index < -0.39 is 11.8 Å². The lowest BCUT2D eigenvalue weighted by molar-refractivity contribution is -0.122. The maximum atomic E-state index is 13.2. The SMILES string of the molecule is CCc1ccc(-n2c(C)cc(/C=C3\C(=O)NC(=S)N(c4ccccc4)C3=O)c2C)cc1. The number of hydrogen-bond acceptors (Lipinski definition) is 3. The Morgan fingerprint density at radius 2 is 1.65 bits per heavy atom. The summed E-state index contributed by atoms with van der Waals surface area (Å²) in [7, 11) is 0. The van der Waals surface area contributed by atoms with E-state index >= 15 is 0 Å². The van der Waals surface area contributed by atoms with Gasteiger partial charge in [-0.05, 0) is 80.0 Å². The molecule has 2 aromatic carbocycles. The average Bonchev–Trinajstić information content (AvgIpc) is 3.04. The summed E-state index contributed by atoms with van der Waals surface area (Å²) >= 11 is 5.26. The van der Waals surface area contributed by atoms with Crippen molar-refractivity contribution in [1.29, 1.82) is 0 Å². The van der Waals surface area contributed by atoms with E-state index in [1.165, 1.54) is 10.5 Å². The second-order valence-electron chi connectivity index (χ2n) is 7.48. The fourth-order valence-corrected chi connectivity index (χ4v) is 4.12. The number of aromatic nitrogens is 1. The molecular formula is C25H23N3O2S. The molecule has 4 rings (SSSR count). The van der Waals surface area contributed by atoms with Gasteiger partial charge < -0.3 is 4.57 Å². The molecule has 5 nitrogen and oxygen atoms in total. The molecule has 1 fully saturated rings. The van der Waals surface area contributed by atoms with Crippen LogP contribution in [0.15, 0.2) is 66.2 Å².